The van der Waals surface area contributed by atoms with E-state index in [4.69, 9.17) is 9.84 Å². The fourth-order valence-corrected chi connectivity index (χ4v) is 3.87. The second-order valence-corrected chi connectivity index (χ2v) is 7.56. The van der Waals surface area contributed by atoms with Gasteiger partial charge in [-0.2, -0.15) is 0 Å². The van der Waals surface area contributed by atoms with Gasteiger partial charge in [-0.25, -0.2) is 9.97 Å². The molecule has 0 bridgehead atoms. The molecule has 25 heavy (non-hydrogen) atoms. The van der Waals surface area contributed by atoms with Crippen LogP contribution in [0.1, 0.15) is 39.0 Å². The summed E-state index contributed by atoms with van der Waals surface area (Å²) in [7, 11) is 0. The summed E-state index contributed by atoms with van der Waals surface area (Å²) in [6, 6.07) is 7.82. The molecule has 132 valence electrons. The Bertz CT molecular complexity index is 717. The monoisotopic (exact) mass is 358 g/mol. The molecule has 2 heterocycles. The maximum absolute atomic E-state index is 10.6. The lowest BCUT2D eigenvalue weighted by Gasteiger charge is -2.24. The zero-order valence-corrected chi connectivity index (χ0v) is 15.0. The first-order valence-electron chi connectivity index (χ1n) is 8.58. The van der Waals surface area contributed by atoms with Gasteiger partial charge >= 0.3 is 5.97 Å². The molecule has 1 saturated carbocycles. The number of carbonyl (C=O) groups is 1. The largest absolute Gasteiger partial charge is 0.481 e. The van der Waals surface area contributed by atoms with Crippen LogP contribution in [-0.4, -0.2) is 32.4 Å². The Labute approximate surface area is 151 Å². The van der Waals surface area contributed by atoms with Crippen molar-refractivity contribution in [3.63, 3.8) is 0 Å². The van der Waals surface area contributed by atoms with E-state index in [2.05, 4.69) is 16.0 Å². The standard InChI is InChI=1S/C19H22N2O3S/c1-13(7-10-18(22)23)24-17-9-8-14(12-21-17)16-6-3-11-20-19(16)25-15-4-2-5-15/h3,6,8-9,11-13,15H,2,4-5,7,10H2,1H3,(H,22,23). The number of carboxylic acid groups (broad SMARTS) is 1. The Morgan fingerprint density at radius 1 is 1.36 bits per heavy atom. The first-order valence-corrected chi connectivity index (χ1v) is 9.46. The SMILES string of the molecule is CC(CCC(=O)O)Oc1ccc(-c2cccnc2SC2CCC2)cn1. The zero-order chi connectivity index (χ0) is 17.6. The molecule has 1 fully saturated rings. The van der Waals surface area contributed by atoms with Crippen LogP contribution in [0.2, 0.25) is 0 Å². The topological polar surface area (TPSA) is 72.3 Å². The van der Waals surface area contributed by atoms with E-state index in [0.29, 0.717) is 17.6 Å². The molecule has 1 aliphatic carbocycles. The Kier molecular flexibility index (Phi) is 5.91. The molecule has 0 saturated heterocycles. The van der Waals surface area contributed by atoms with Crippen LogP contribution in [0, 0.1) is 0 Å². The van der Waals surface area contributed by atoms with Crippen molar-refractivity contribution in [2.45, 2.75) is 55.4 Å². The molecule has 0 spiro atoms. The van der Waals surface area contributed by atoms with Crippen molar-refractivity contribution < 1.29 is 14.6 Å². The van der Waals surface area contributed by atoms with Gasteiger partial charge in [-0.3, -0.25) is 4.79 Å². The molecule has 2 aromatic heterocycles. The minimum absolute atomic E-state index is 0.0939. The lowest BCUT2D eigenvalue weighted by molar-refractivity contribution is -0.137. The van der Waals surface area contributed by atoms with Gasteiger partial charge in [0.05, 0.1) is 6.10 Å². The number of nitrogens with zero attached hydrogens (tertiary/aromatic N) is 2. The number of ether oxygens (including phenoxy) is 1. The Balaban J connectivity index is 1.67. The second-order valence-electron chi connectivity index (χ2n) is 6.27. The first kappa shape index (κ1) is 17.7. The minimum atomic E-state index is -0.813. The molecule has 1 N–H and O–H groups in total. The summed E-state index contributed by atoms with van der Waals surface area (Å²) in [5, 5.41) is 10.5. The summed E-state index contributed by atoms with van der Waals surface area (Å²) in [6.07, 6.45) is 7.84. The van der Waals surface area contributed by atoms with Gasteiger partial charge in [-0.15, -0.1) is 11.8 Å². The number of aliphatic carboxylic acids is 1. The van der Waals surface area contributed by atoms with E-state index in [1.807, 2.05) is 43.1 Å². The van der Waals surface area contributed by atoms with Crippen molar-refractivity contribution in [2.75, 3.05) is 0 Å². The van der Waals surface area contributed by atoms with Crippen LogP contribution in [-0.2, 0) is 4.79 Å². The summed E-state index contributed by atoms with van der Waals surface area (Å²) in [6.45, 7) is 1.85. The van der Waals surface area contributed by atoms with Gasteiger partial charge in [0.15, 0.2) is 0 Å². The predicted molar refractivity (Wildman–Crippen MR) is 97.9 cm³/mol. The lowest BCUT2D eigenvalue weighted by Crippen LogP contribution is -2.14. The predicted octanol–water partition coefficient (Wildman–Crippen LogP) is 4.42. The van der Waals surface area contributed by atoms with Crippen LogP contribution >= 0.6 is 11.8 Å². The van der Waals surface area contributed by atoms with Crippen LogP contribution in [0.15, 0.2) is 41.7 Å². The number of carboxylic acids is 1. The quantitative estimate of drug-likeness (QED) is 0.753. The lowest BCUT2D eigenvalue weighted by atomic mass is 10.00. The maximum Gasteiger partial charge on any atom is 0.303 e. The highest BCUT2D eigenvalue weighted by Gasteiger charge is 2.21. The van der Waals surface area contributed by atoms with Crippen molar-refractivity contribution in [1.82, 2.24) is 9.97 Å². The summed E-state index contributed by atoms with van der Waals surface area (Å²) in [4.78, 5) is 19.5. The van der Waals surface area contributed by atoms with E-state index >= 15 is 0 Å². The molecule has 5 nitrogen and oxygen atoms in total. The molecule has 0 aliphatic heterocycles. The van der Waals surface area contributed by atoms with Crippen molar-refractivity contribution >= 4 is 17.7 Å². The summed E-state index contributed by atoms with van der Waals surface area (Å²) in [5.41, 5.74) is 2.11. The van der Waals surface area contributed by atoms with Gasteiger partial charge in [0.2, 0.25) is 5.88 Å². The van der Waals surface area contributed by atoms with E-state index in [1.54, 1.807) is 6.20 Å². The molecule has 6 heteroatoms. The third-order valence-corrected chi connectivity index (χ3v) is 5.59. The van der Waals surface area contributed by atoms with Gasteiger partial charge < -0.3 is 9.84 Å². The van der Waals surface area contributed by atoms with Gasteiger partial charge in [0.1, 0.15) is 5.03 Å². The van der Waals surface area contributed by atoms with Crippen LogP contribution in [0.3, 0.4) is 0 Å². The van der Waals surface area contributed by atoms with Crippen LogP contribution < -0.4 is 4.74 Å². The average Bonchev–Trinajstić information content (AvgIpc) is 2.57. The summed E-state index contributed by atoms with van der Waals surface area (Å²) in [5.74, 6) is -0.300. The van der Waals surface area contributed by atoms with E-state index in [1.165, 1.54) is 19.3 Å². The van der Waals surface area contributed by atoms with Gasteiger partial charge in [-0.05, 0) is 38.3 Å². The fourth-order valence-electron chi connectivity index (χ4n) is 2.55. The van der Waals surface area contributed by atoms with E-state index < -0.39 is 5.97 Å². The fraction of sp³-hybridized carbons (Fsp3) is 0.421. The van der Waals surface area contributed by atoms with Crippen LogP contribution in [0.4, 0.5) is 0 Å². The highest BCUT2D eigenvalue weighted by molar-refractivity contribution is 8.00. The normalized spacial score (nSPS) is 15.4. The number of thioether (sulfide) groups is 1. The molecule has 0 radical (unpaired) electrons. The average molecular weight is 358 g/mol. The first-order chi connectivity index (χ1) is 12.1. The number of hydrogen-bond acceptors (Lipinski definition) is 5. The molecule has 1 aliphatic rings. The van der Waals surface area contributed by atoms with Crippen molar-refractivity contribution in [2.24, 2.45) is 0 Å². The Morgan fingerprint density at radius 2 is 2.20 bits per heavy atom. The molecular weight excluding hydrogens is 336 g/mol. The van der Waals surface area contributed by atoms with Gasteiger partial charge in [0.25, 0.3) is 0 Å². The Hall–Kier alpha value is -2.08. The Morgan fingerprint density at radius 3 is 2.84 bits per heavy atom. The molecule has 1 atom stereocenters. The van der Waals surface area contributed by atoms with Crippen molar-refractivity contribution in [3.8, 4) is 17.0 Å². The molecule has 2 aromatic rings. The molecule has 1 unspecified atom stereocenters. The molecule has 0 aromatic carbocycles. The number of hydrogen-bond donors (Lipinski definition) is 1. The van der Waals surface area contributed by atoms with Crippen LogP contribution in [0.25, 0.3) is 11.1 Å². The van der Waals surface area contributed by atoms with Crippen molar-refractivity contribution in [1.29, 1.82) is 0 Å². The molecule has 3 rings (SSSR count). The minimum Gasteiger partial charge on any atom is -0.481 e. The number of pyridine rings is 2. The second kappa shape index (κ2) is 8.34. The third kappa shape index (κ3) is 4.95. The van der Waals surface area contributed by atoms with E-state index in [9.17, 15) is 4.79 Å². The highest BCUT2D eigenvalue weighted by Crippen LogP contribution is 2.39. The summed E-state index contributed by atoms with van der Waals surface area (Å²) >= 11 is 1.85. The zero-order valence-electron chi connectivity index (χ0n) is 14.2. The summed E-state index contributed by atoms with van der Waals surface area (Å²) < 4.78 is 5.68. The number of rotatable bonds is 8. The number of aromatic nitrogens is 2. The van der Waals surface area contributed by atoms with E-state index in [-0.39, 0.29) is 12.5 Å². The smallest absolute Gasteiger partial charge is 0.303 e. The van der Waals surface area contributed by atoms with E-state index in [0.717, 1.165) is 16.2 Å². The molecular formula is C19H22N2O3S. The van der Waals surface area contributed by atoms with Gasteiger partial charge in [-0.1, -0.05) is 12.5 Å². The maximum atomic E-state index is 10.6. The van der Waals surface area contributed by atoms with Crippen molar-refractivity contribution in [3.05, 3.63) is 36.7 Å². The highest BCUT2D eigenvalue weighted by atomic mass is 32.2. The third-order valence-electron chi connectivity index (χ3n) is 4.24. The molecule has 0 amide bonds. The van der Waals surface area contributed by atoms with Crippen LogP contribution in [0.5, 0.6) is 5.88 Å². The van der Waals surface area contributed by atoms with Gasteiger partial charge in [0, 0.05) is 41.3 Å².